The molecule has 1 amide bonds. The fourth-order valence-corrected chi connectivity index (χ4v) is 8.38. The first kappa shape index (κ1) is 31.0. The maximum atomic E-state index is 14.2. The number of nitrogens with one attached hydrogen (secondary N) is 2. The number of aliphatic hydroxyl groups is 4. The lowest BCUT2D eigenvalue weighted by Gasteiger charge is -2.53. The van der Waals surface area contributed by atoms with Crippen LogP contribution in [-0.2, 0) is 14.4 Å². The zero-order chi connectivity index (χ0) is 32.1. The third-order valence-corrected chi connectivity index (χ3v) is 9.68. The highest BCUT2D eigenvalue weighted by Gasteiger charge is 2.68. The van der Waals surface area contributed by atoms with Crippen molar-refractivity contribution in [2.24, 2.45) is 17.6 Å². The predicted octanol–water partition coefficient (Wildman–Crippen LogP) is 1.22. The summed E-state index contributed by atoms with van der Waals surface area (Å²) >= 11 is 0. The van der Waals surface area contributed by atoms with Crippen LogP contribution in [0.25, 0.3) is 5.76 Å². The number of nitrogens with zero attached hydrogens (tertiary/aromatic N) is 1. The predicted molar refractivity (Wildman–Crippen MR) is 158 cm³/mol. The molecule has 9 N–H and O–H groups in total. The Hall–Kier alpha value is -3.45. The van der Waals surface area contributed by atoms with Gasteiger partial charge in [0.15, 0.2) is 11.4 Å². The number of anilines is 1. The molecule has 1 aromatic rings. The number of phenolic OH excluding ortho intramolecular Hbond substituents is 1. The number of piperidine rings is 1. The van der Waals surface area contributed by atoms with Gasteiger partial charge in [-0.25, -0.2) is 0 Å². The monoisotopic (exact) mass is 598 g/mol. The minimum absolute atomic E-state index is 0.0320. The maximum Gasteiger partial charge on any atom is 0.255 e. The number of amides is 1. The van der Waals surface area contributed by atoms with Crippen LogP contribution in [-0.4, -0.2) is 96.9 Å². The smallest absolute Gasteiger partial charge is 0.255 e. The molecule has 2 fully saturated rings. The average molecular weight is 599 g/mol. The minimum atomic E-state index is -2.94. The van der Waals surface area contributed by atoms with Gasteiger partial charge in [-0.3, -0.25) is 19.3 Å². The highest BCUT2D eigenvalue weighted by molar-refractivity contribution is 6.24. The van der Waals surface area contributed by atoms with Gasteiger partial charge in [-0.1, -0.05) is 13.0 Å². The number of fused-ring (bicyclic) bond motifs is 3. The lowest BCUT2D eigenvalue weighted by atomic mass is 9.54. The Bertz CT molecular complexity index is 1480. The summed E-state index contributed by atoms with van der Waals surface area (Å²) in [5.41, 5.74) is 1.47. The third kappa shape index (κ3) is 4.45. The van der Waals surface area contributed by atoms with E-state index in [1.165, 1.54) is 19.0 Å². The van der Waals surface area contributed by atoms with Gasteiger partial charge < -0.3 is 41.9 Å². The van der Waals surface area contributed by atoms with E-state index in [0.717, 1.165) is 12.8 Å². The molecule has 1 saturated heterocycles. The maximum absolute atomic E-state index is 14.2. The molecule has 1 heterocycles. The average Bonchev–Trinajstić information content (AvgIpc) is 2.85. The fraction of sp³-hybridized carbons (Fsp3) is 0.581. The molecule has 6 atom stereocenters. The van der Waals surface area contributed by atoms with Gasteiger partial charge >= 0.3 is 0 Å². The van der Waals surface area contributed by atoms with Crippen molar-refractivity contribution >= 4 is 28.9 Å². The third-order valence-electron chi connectivity index (χ3n) is 9.68. The second kappa shape index (κ2) is 9.78. The van der Waals surface area contributed by atoms with Crippen LogP contribution in [0, 0.1) is 11.8 Å². The Morgan fingerprint density at radius 1 is 1.07 bits per heavy atom. The van der Waals surface area contributed by atoms with Crippen LogP contribution in [0.2, 0.25) is 0 Å². The number of aromatic hydroxyl groups is 1. The highest BCUT2D eigenvalue weighted by atomic mass is 16.4. The largest absolute Gasteiger partial charge is 0.508 e. The van der Waals surface area contributed by atoms with Crippen molar-refractivity contribution in [2.45, 2.75) is 88.2 Å². The van der Waals surface area contributed by atoms with Crippen molar-refractivity contribution in [2.75, 3.05) is 19.4 Å². The van der Waals surface area contributed by atoms with Gasteiger partial charge in [0.2, 0.25) is 5.78 Å². The number of Topliss-reactive ketones (excluding diaryl/α,β-unsaturated/α-hetero) is 2. The van der Waals surface area contributed by atoms with E-state index in [4.69, 9.17) is 5.73 Å². The molecule has 12 nitrogen and oxygen atoms in total. The second-order valence-corrected chi connectivity index (χ2v) is 14.1. The summed E-state index contributed by atoms with van der Waals surface area (Å²) in [5, 5.41) is 64.7. The van der Waals surface area contributed by atoms with E-state index in [9.17, 15) is 39.9 Å². The second-order valence-electron chi connectivity index (χ2n) is 14.1. The van der Waals surface area contributed by atoms with Crippen LogP contribution in [0.5, 0.6) is 5.75 Å². The summed E-state index contributed by atoms with van der Waals surface area (Å²) < 4.78 is 0. The Kier molecular flexibility index (Phi) is 7.05. The standard InChI is InChI=1S/C31H42N4O8/c1-12-14-8-9-15(33-13-10-29(2,3)34-30(4,5)11-13)22(36)17(14)23(37)18-16(12)24(38)20-21(35(6)7)25(39)19(28(32)42)27(41)31(20,43)26(18)40/h8-9,12-13,16,20-21,24,33-34,36-38,41,43H,10-11H2,1-7H3,(H2,32,42)/t12-,16+,20+,21+,24-,31+/m1/s1. The fourth-order valence-electron chi connectivity index (χ4n) is 8.38. The summed E-state index contributed by atoms with van der Waals surface area (Å²) in [7, 11) is 2.95. The van der Waals surface area contributed by atoms with E-state index in [-0.39, 0.29) is 28.4 Å². The van der Waals surface area contributed by atoms with E-state index < -0.39 is 75.6 Å². The minimum Gasteiger partial charge on any atom is -0.508 e. The number of nitrogens with two attached hydrogens (primary N) is 1. The van der Waals surface area contributed by atoms with Crippen molar-refractivity contribution in [3.8, 4) is 5.75 Å². The summed E-state index contributed by atoms with van der Waals surface area (Å²) in [6, 6.07) is 1.98. The number of aliphatic hydroxyl groups excluding tert-OH is 3. The van der Waals surface area contributed by atoms with Crippen LogP contribution < -0.4 is 16.4 Å². The first-order valence-electron chi connectivity index (χ1n) is 14.5. The molecule has 4 aliphatic rings. The normalized spacial score (nSPS) is 33.7. The molecule has 3 aliphatic carbocycles. The van der Waals surface area contributed by atoms with Crippen LogP contribution in [0.1, 0.15) is 64.5 Å². The highest BCUT2D eigenvalue weighted by Crippen LogP contribution is 2.56. The Morgan fingerprint density at radius 3 is 2.19 bits per heavy atom. The molecule has 5 rings (SSSR count). The number of benzene rings is 1. The summed E-state index contributed by atoms with van der Waals surface area (Å²) in [4.78, 5) is 41.0. The molecule has 0 radical (unpaired) electrons. The van der Waals surface area contributed by atoms with Gasteiger partial charge in [0.1, 0.15) is 22.8 Å². The van der Waals surface area contributed by atoms with Crippen molar-refractivity contribution in [1.82, 2.24) is 10.2 Å². The van der Waals surface area contributed by atoms with Crippen LogP contribution >= 0.6 is 0 Å². The number of hydrogen-bond acceptors (Lipinski definition) is 11. The zero-order valence-corrected chi connectivity index (χ0v) is 25.5. The van der Waals surface area contributed by atoms with Crippen molar-refractivity contribution in [3.05, 3.63) is 40.2 Å². The van der Waals surface area contributed by atoms with Crippen LogP contribution in [0.3, 0.4) is 0 Å². The summed E-state index contributed by atoms with van der Waals surface area (Å²) in [5.74, 6) is -9.04. The lowest BCUT2D eigenvalue weighted by molar-refractivity contribution is -0.169. The first-order chi connectivity index (χ1) is 19.7. The quantitative estimate of drug-likeness (QED) is 0.183. The van der Waals surface area contributed by atoms with E-state index in [1.807, 2.05) is 0 Å². The van der Waals surface area contributed by atoms with E-state index >= 15 is 0 Å². The molecule has 0 aromatic heterocycles. The molecule has 0 spiro atoms. The zero-order valence-electron chi connectivity index (χ0n) is 25.5. The van der Waals surface area contributed by atoms with Gasteiger partial charge in [0.25, 0.3) is 5.91 Å². The molecule has 0 unspecified atom stereocenters. The number of hydrogen-bond donors (Lipinski definition) is 8. The van der Waals surface area contributed by atoms with Gasteiger partial charge in [0, 0.05) is 28.6 Å². The van der Waals surface area contributed by atoms with Gasteiger partial charge in [-0.15, -0.1) is 0 Å². The molecule has 1 aliphatic heterocycles. The van der Waals surface area contributed by atoms with E-state index in [0.29, 0.717) is 11.3 Å². The van der Waals surface area contributed by atoms with Crippen molar-refractivity contribution < 1.29 is 39.9 Å². The number of carbonyl (C=O) groups is 3. The topological polar surface area (TPSA) is 206 Å². The van der Waals surface area contributed by atoms with Gasteiger partial charge in [-0.2, -0.15) is 0 Å². The van der Waals surface area contributed by atoms with E-state index in [1.54, 1.807) is 19.1 Å². The molecule has 12 heteroatoms. The first-order valence-corrected chi connectivity index (χ1v) is 14.5. The molecular formula is C31H42N4O8. The Labute approximate surface area is 250 Å². The number of likely N-dealkylation sites (N-methyl/N-ethyl adjacent to an activating group) is 1. The lowest BCUT2D eigenvalue weighted by Crippen LogP contribution is -2.70. The van der Waals surface area contributed by atoms with Crippen LogP contribution in [0.15, 0.2) is 29.0 Å². The number of carbonyl (C=O) groups excluding carboxylic acids is 3. The molecule has 1 saturated carbocycles. The number of ketones is 2. The Morgan fingerprint density at radius 2 is 1.65 bits per heavy atom. The SMILES string of the molecule is C[C@@H]1c2ccc(NC3CC(C)(C)NC(C)(C)C3)c(O)c2C(O)=C2C(=O)[C@]3(O)C(O)=C(C(N)=O)C(=O)[C@@H](N(C)C)[C@H]3[C@H](O)[C@H]21. The molecule has 43 heavy (non-hydrogen) atoms. The van der Waals surface area contributed by atoms with Crippen LogP contribution in [0.4, 0.5) is 5.69 Å². The molecule has 0 bridgehead atoms. The summed E-state index contributed by atoms with van der Waals surface area (Å²) in [6.45, 7) is 10.1. The number of phenols is 1. The number of rotatable bonds is 4. The number of primary amides is 1. The molecular weight excluding hydrogens is 556 g/mol. The van der Waals surface area contributed by atoms with Crippen molar-refractivity contribution in [3.63, 3.8) is 0 Å². The van der Waals surface area contributed by atoms with Crippen molar-refractivity contribution in [1.29, 1.82) is 0 Å². The Balaban J connectivity index is 1.66. The summed E-state index contributed by atoms with van der Waals surface area (Å²) in [6.07, 6.45) is -0.135. The van der Waals surface area contributed by atoms with E-state index in [2.05, 4.69) is 38.3 Å². The van der Waals surface area contributed by atoms with Gasteiger partial charge in [-0.05, 0) is 72.2 Å². The van der Waals surface area contributed by atoms with Gasteiger partial charge in [0.05, 0.1) is 29.3 Å². The molecule has 1 aromatic carbocycles. The molecule has 234 valence electrons.